The average Bonchev–Trinajstić information content (AvgIpc) is 2.47. The highest BCUT2D eigenvalue weighted by molar-refractivity contribution is 7.18. The zero-order chi connectivity index (χ0) is 8.97. The molecule has 0 bridgehead atoms. The molecular formula is C9H7ClOS. The Kier molecular flexibility index (Phi) is 3.33. The summed E-state index contributed by atoms with van der Waals surface area (Å²) in [5.41, 5.74) is 0. The van der Waals surface area contributed by atoms with Crippen molar-refractivity contribution in [3.8, 4) is 11.8 Å². The standard InChI is InChI=1S/C9H7ClOS/c1-2-3-4-7(11)8-5-6-9(10)12-8/h5-6H,4H2,1H3. The molecule has 0 aromatic carbocycles. The van der Waals surface area contributed by atoms with Gasteiger partial charge in [-0.15, -0.1) is 17.3 Å². The number of hydrogen-bond acceptors (Lipinski definition) is 2. The molecule has 62 valence electrons. The Labute approximate surface area is 80.4 Å². The van der Waals surface area contributed by atoms with Crippen molar-refractivity contribution in [2.75, 3.05) is 0 Å². The zero-order valence-corrected chi connectivity index (χ0v) is 8.13. The molecule has 1 rings (SSSR count). The highest BCUT2D eigenvalue weighted by Gasteiger charge is 2.06. The summed E-state index contributed by atoms with van der Waals surface area (Å²) < 4.78 is 0.641. The maximum Gasteiger partial charge on any atom is 0.184 e. The molecule has 1 nitrogen and oxygen atoms in total. The second-order valence-corrected chi connectivity index (χ2v) is 3.85. The second-order valence-electron chi connectivity index (χ2n) is 2.13. The first-order chi connectivity index (χ1) is 5.74. The molecule has 1 aromatic heterocycles. The van der Waals surface area contributed by atoms with Crippen LogP contribution in [0.1, 0.15) is 23.0 Å². The van der Waals surface area contributed by atoms with Gasteiger partial charge in [0.15, 0.2) is 5.78 Å². The lowest BCUT2D eigenvalue weighted by atomic mass is 10.2. The first-order valence-electron chi connectivity index (χ1n) is 3.42. The lowest BCUT2D eigenvalue weighted by Crippen LogP contribution is -1.92. The number of ketones is 1. The van der Waals surface area contributed by atoms with Gasteiger partial charge in [-0.3, -0.25) is 4.79 Å². The largest absolute Gasteiger partial charge is 0.292 e. The van der Waals surface area contributed by atoms with Gasteiger partial charge < -0.3 is 0 Å². The lowest BCUT2D eigenvalue weighted by molar-refractivity contribution is 0.100. The maximum absolute atomic E-state index is 11.3. The fraction of sp³-hybridized carbons (Fsp3) is 0.222. The van der Waals surface area contributed by atoms with Gasteiger partial charge in [-0.25, -0.2) is 0 Å². The van der Waals surface area contributed by atoms with Gasteiger partial charge >= 0.3 is 0 Å². The van der Waals surface area contributed by atoms with E-state index in [1.807, 2.05) is 0 Å². The van der Waals surface area contributed by atoms with E-state index < -0.39 is 0 Å². The number of hydrogen-bond donors (Lipinski definition) is 0. The molecule has 12 heavy (non-hydrogen) atoms. The molecular weight excluding hydrogens is 192 g/mol. The lowest BCUT2D eigenvalue weighted by Gasteiger charge is -1.87. The maximum atomic E-state index is 11.3. The smallest absolute Gasteiger partial charge is 0.184 e. The van der Waals surface area contributed by atoms with Crippen molar-refractivity contribution in [3.63, 3.8) is 0 Å². The van der Waals surface area contributed by atoms with Gasteiger partial charge in [0, 0.05) is 0 Å². The van der Waals surface area contributed by atoms with E-state index in [-0.39, 0.29) is 12.2 Å². The van der Waals surface area contributed by atoms with Crippen LogP contribution in [0.2, 0.25) is 4.34 Å². The summed E-state index contributed by atoms with van der Waals surface area (Å²) in [4.78, 5) is 11.9. The molecule has 0 atom stereocenters. The van der Waals surface area contributed by atoms with Gasteiger partial charge in [-0.05, 0) is 19.1 Å². The SMILES string of the molecule is CC#CCC(=O)c1ccc(Cl)s1. The van der Waals surface area contributed by atoms with Crippen molar-refractivity contribution in [2.24, 2.45) is 0 Å². The average molecular weight is 199 g/mol. The Bertz CT molecular complexity index is 343. The minimum atomic E-state index is 0.0428. The van der Waals surface area contributed by atoms with E-state index in [0.717, 1.165) is 0 Å². The van der Waals surface area contributed by atoms with Crippen LogP contribution in [-0.2, 0) is 0 Å². The number of carbonyl (C=O) groups excluding carboxylic acids is 1. The Morgan fingerprint density at radius 2 is 2.42 bits per heavy atom. The van der Waals surface area contributed by atoms with Crippen LogP contribution in [-0.4, -0.2) is 5.78 Å². The monoisotopic (exact) mass is 198 g/mol. The summed E-state index contributed by atoms with van der Waals surface area (Å²) >= 11 is 6.96. The summed E-state index contributed by atoms with van der Waals surface area (Å²) in [5.74, 6) is 5.44. The van der Waals surface area contributed by atoms with Crippen molar-refractivity contribution < 1.29 is 4.79 Å². The van der Waals surface area contributed by atoms with Crippen LogP contribution in [0, 0.1) is 11.8 Å². The van der Waals surface area contributed by atoms with Crippen LogP contribution in [0.15, 0.2) is 12.1 Å². The Morgan fingerprint density at radius 3 is 2.92 bits per heavy atom. The van der Waals surface area contributed by atoms with Crippen molar-refractivity contribution in [1.82, 2.24) is 0 Å². The second kappa shape index (κ2) is 4.30. The van der Waals surface area contributed by atoms with Gasteiger partial charge in [0.2, 0.25) is 0 Å². The summed E-state index contributed by atoms with van der Waals surface area (Å²) in [6.45, 7) is 1.72. The minimum absolute atomic E-state index is 0.0428. The molecule has 0 spiro atoms. The quantitative estimate of drug-likeness (QED) is 0.528. The van der Waals surface area contributed by atoms with E-state index in [1.54, 1.807) is 19.1 Å². The van der Waals surface area contributed by atoms with Crippen LogP contribution in [0.3, 0.4) is 0 Å². The Hall–Kier alpha value is -0.780. The Balaban J connectivity index is 2.69. The third-order valence-corrected chi connectivity index (χ3v) is 2.55. The highest BCUT2D eigenvalue weighted by Crippen LogP contribution is 2.22. The first kappa shape index (κ1) is 9.31. The van der Waals surface area contributed by atoms with Crippen LogP contribution >= 0.6 is 22.9 Å². The highest BCUT2D eigenvalue weighted by atomic mass is 35.5. The topological polar surface area (TPSA) is 17.1 Å². The number of rotatable bonds is 2. The number of halogens is 1. The minimum Gasteiger partial charge on any atom is -0.292 e. The predicted octanol–water partition coefficient (Wildman–Crippen LogP) is 3.00. The van der Waals surface area contributed by atoms with Crippen molar-refractivity contribution >= 4 is 28.7 Å². The molecule has 0 unspecified atom stereocenters. The van der Waals surface area contributed by atoms with E-state index in [4.69, 9.17) is 11.6 Å². The molecule has 0 amide bonds. The molecule has 0 aliphatic rings. The summed E-state index contributed by atoms with van der Waals surface area (Å²) in [5, 5.41) is 0. The van der Waals surface area contributed by atoms with Gasteiger partial charge in [0.1, 0.15) is 0 Å². The van der Waals surface area contributed by atoms with Gasteiger partial charge in [-0.1, -0.05) is 17.5 Å². The van der Waals surface area contributed by atoms with Gasteiger partial charge in [0.05, 0.1) is 15.6 Å². The summed E-state index contributed by atoms with van der Waals surface area (Å²) in [6, 6.07) is 3.45. The number of thiophene rings is 1. The molecule has 0 aliphatic carbocycles. The molecule has 0 saturated carbocycles. The molecule has 0 fully saturated rings. The molecule has 1 aromatic rings. The van der Waals surface area contributed by atoms with Crippen LogP contribution < -0.4 is 0 Å². The summed E-state index contributed by atoms with van der Waals surface area (Å²) in [6.07, 6.45) is 0.285. The van der Waals surface area contributed by atoms with E-state index in [9.17, 15) is 4.79 Å². The predicted molar refractivity (Wildman–Crippen MR) is 51.7 cm³/mol. The third kappa shape index (κ3) is 2.37. The van der Waals surface area contributed by atoms with E-state index in [1.165, 1.54) is 11.3 Å². The summed E-state index contributed by atoms with van der Waals surface area (Å²) in [7, 11) is 0. The normalized spacial score (nSPS) is 8.83. The fourth-order valence-corrected chi connectivity index (χ4v) is 1.70. The van der Waals surface area contributed by atoms with Crippen LogP contribution in [0.25, 0.3) is 0 Å². The van der Waals surface area contributed by atoms with E-state index in [0.29, 0.717) is 9.21 Å². The molecule has 3 heteroatoms. The van der Waals surface area contributed by atoms with E-state index >= 15 is 0 Å². The van der Waals surface area contributed by atoms with Gasteiger partial charge in [0.25, 0.3) is 0 Å². The third-order valence-electron chi connectivity index (χ3n) is 1.27. The molecule has 0 saturated heterocycles. The fourth-order valence-electron chi connectivity index (χ4n) is 0.720. The number of carbonyl (C=O) groups is 1. The molecule has 0 N–H and O–H groups in total. The van der Waals surface area contributed by atoms with Crippen LogP contribution in [0.5, 0.6) is 0 Å². The molecule has 0 radical (unpaired) electrons. The molecule has 0 aliphatic heterocycles. The molecule has 1 heterocycles. The van der Waals surface area contributed by atoms with Crippen molar-refractivity contribution in [2.45, 2.75) is 13.3 Å². The number of Topliss-reactive ketones (excluding diaryl/α,β-unsaturated/α-hetero) is 1. The first-order valence-corrected chi connectivity index (χ1v) is 4.61. The van der Waals surface area contributed by atoms with E-state index in [2.05, 4.69) is 11.8 Å². The zero-order valence-electron chi connectivity index (χ0n) is 6.56. The van der Waals surface area contributed by atoms with Crippen molar-refractivity contribution in [3.05, 3.63) is 21.3 Å². The van der Waals surface area contributed by atoms with Gasteiger partial charge in [-0.2, -0.15) is 0 Å². The Morgan fingerprint density at radius 1 is 1.67 bits per heavy atom. The van der Waals surface area contributed by atoms with Crippen molar-refractivity contribution in [1.29, 1.82) is 0 Å². The van der Waals surface area contributed by atoms with Crippen LogP contribution in [0.4, 0.5) is 0 Å².